The molecule has 2 aromatic rings. The summed E-state index contributed by atoms with van der Waals surface area (Å²) in [5.74, 6) is 1.69. The molecule has 35 heavy (non-hydrogen) atoms. The van der Waals surface area contributed by atoms with Crippen LogP contribution in [-0.2, 0) is 16.0 Å². The highest BCUT2D eigenvalue weighted by Gasteiger charge is 2.33. The van der Waals surface area contributed by atoms with Gasteiger partial charge >= 0.3 is 12.1 Å². The largest absolute Gasteiger partial charge is 0.493 e. The quantitative estimate of drug-likeness (QED) is 0.240. The van der Waals surface area contributed by atoms with Gasteiger partial charge in [-0.1, -0.05) is 51.5 Å². The molecule has 188 valence electrons. The second kappa shape index (κ2) is 11.1. The summed E-state index contributed by atoms with van der Waals surface area (Å²) in [4.78, 5) is 23.0. The van der Waals surface area contributed by atoms with E-state index in [1.54, 1.807) is 18.2 Å². The zero-order chi connectivity index (χ0) is 24.8. The number of rotatable bonds is 10. The van der Waals surface area contributed by atoms with Crippen LogP contribution in [0.15, 0.2) is 42.5 Å². The molecule has 2 aliphatic rings. The van der Waals surface area contributed by atoms with Crippen molar-refractivity contribution in [3.8, 4) is 11.5 Å². The number of esters is 1. The molecule has 4 rings (SSSR count). The Bertz CT molecular complexity index is 1040. The topological polar surface area (TPSA) is 73.9 Å². The van der Waals surface area contributed by atoms with E-state index in [2.05, 4.69) is 49.0 Å². The molecule has 6 heteroatoms. The van der Waals surface area contributed by atoms with E-state index < -0.39 is 18.1 Å². The van der Waals surface area contributed by atoms with Crippen molar-refractivity contribution >= 4 is 12.1 Å². The Balaban J connectivity index is 1.27. The van der Waals surface area contributed by atoms with E-state index >= 15 is 0 Å². The van der Waals surface area contributed by atoms with Crippen LogP contribution in [0.2, 0.25) is 0 Å². The lowest BCUT2D eigenvalue weighted by Gasteiger charge is -2.34. The normalized spacial score (nSPS) is 19.8. The number of benzene rings is 2. The van der Waals surface area contributed by atoms with E-state index in [0.717, 1.165) is 25.0 Å². The number of nitrogens with one attached hydrogen (secondary N) is 1. The third-order valence-electron chi connectivity index (χ3n) is 7.11. The third kappa shape index (κ3) is 6.56. The number of amides is 1. The lowest BCUT2D eigenvalue weighted by molar-refractivity contribution is -0.135. The van der Waals surface area contributed by atoms with Crippen LogP contribution in [0.5, 0.6) is 11.5 Å². The van der Waals surface area contributed by atoms with Gasteiger partial charge in [-0.05, 0) is 78.3 Å². The lowest BCUT2D eigenvalue weighted by Crippen LogP contribution is -2.20. The SMILES string of the molecule is CCCc1cc(C2CCC(C)(C)CC2)ccc1OCCCOc1cccc(C2NC(=O)OC2=O)c1. The molecule has 0 aromatic heterocycles. The Hall–Kier alpha value is -3.02. The van der Waals surface area contributed by atoms with Crippen molar-refractivity contribution in [3.63, 3.8) is 0 Å². The molecule has 1 saturated carbocycles. The fourth-order valence-corrected chi connectivity index (χ4v) is 4.98. The van der Waals surface area contributed by atoms with Crippen molar-refractivity contribution in [2.75, 3.05) is 13.2 Å². The number of cyclic esters (lactones) is 2. The summed E-state index contributed by atoms with van der Waals surface area (Å²) in [5, 5.41) is 2.50. The first-order valence-corrected chi connectivity index (χ1v) is 12.9. The number of carbonyl (C=O) groups is 2. The zero-order valence-corrected chi connectivity index (χ0v) is 21.1. The molecule has 2 aromatic carbocycles. The maximum absolute atomic E-state index is 11.8. The molecule has 6 nitrogen and oxygen atoms in total. The van der Waals surface area contributed by atoms with E-state index in [1.165, 1.54) is 36.8 Å². The van der Waals surface area contributed by atoms with Gasteiger partial charge in [-0.25, -0.2) is 9.59 Å². The van der Waals surface area contributed by atoms with Gasteiger partial charge in [0.25, 0.3) is 0 Å². The average Bonchev–Trinajstić information content (AvgIpc) is 3.18. The summed E-state index contributed by atoms with van der Waals surface area (Å²) >= 11 is 0. The second-order valence-electron chi connectivity index (χ2n) is 10.5. The maximum atomic E-state index is 11.8. The Morgan fingerprint density at radius 2 is 1.77 bits per heavy atom. The third-order valence-corrected chi connectivity index (χ3v) is 7.11. The molecule has 2 fully saturated rings. The fourth-order valence-electron chi connectivity index (χ4n) is 4.98. The van der Waals surface area contributed by atoms with E-state index in [4.69, 9.17) is 9.47 Å². The van der Waals surface area contributed by atoms with E-state index in [1.807, 2.05) is 6.07 Å². The van der Waals surface area contributed by atoms with E-state index in [0.29, 0.717) is 35.9 Å². The van der Waals surface area contributed by atoms with Crippen LogP contribution in [0, 0.1) is 5.41 Å². The smallest absolute Gasteiger partial charge is 0.415 e. The van der Waals surface area contributed by atoms with Crippen LogP contribution in [0.3, 0.4) is 0 Å². The van der Waals surface area contributed by atoms with Crippen molar-refractivity contribution in [1.29, 1.82) is 0 Å². The van der Waals surface area contributed by atoms with Gasteiger partial charge < -0.3 is 19.5 Å². The van der Waals surface area contributed by atoms with Crippen molar-refractivity contribution in [2.45, 2.75) is 77.7 Å². The fraction of sp³-hybridized carbons (Fsp3) is 0.517. The Morgan fingerprint density at radius 3 is 2.49 bits per heavy atom. The number of aryl methyl sites for hydroxylation is 1. The highest BCUT2D eigenvalue weighted by atomic mass is 16.6. The molecular weight excluding hydrogens is 442 g/mol. The number of carbonyl (C=O) groups excluding carboxylic acids is 2. The minimum atomic E-state index is -0.783. The van der Waals surface area contributed by atoms with Gasteiger partial charge in [0.1, 0.15) is 11.5 Å². The first-order chi connectivity index (χ1) is 16.8. The molecule has 0 radical (unpaired) electrons. The first-order valence-electron chi connectivity index (χ1n) is 12.9. The van der Waals surface area contributed by atoms with Crippen LogP contribution in [-0.4, -0.2) is 25.3 Å². The first kappa shape index (κ1) is 25.1. The van der Waals surface area contributed by atoms with Crippen LogP contribution < -0.4 is 14.8 Å². The van der Waals surface area contributed by atoms with Crippen LogP contribution in [0.4, 0.5) is 4.79 Å². The van der Waals surface area contributed by atoms with Gasteiger partial charge in [-0.15, -0.1) is 0 Å². The summed E-state index contributed by atoms with van der Waals surface area (Å²) in [6, 6.07) is 13.1. The molecule has 1 aliphatic carbocycles. The standard InChI is InChI=1S/C29H37NO5/c1-4-7-22-18-21(20-12-14-29(2,3)15-13-20)10-11-25(22)34-17-6-16-33-24-9-5-8-23(19-24)26-27(31)35-28(32)30-26/h5,8-11,18-20,26H,4,6-7,12-17H2,1-3H3,(H,30,32). The number of hydrogen-bond acceptors (Lipinski definition) is 5. The van der Waals surface area contributed by atoms with E-state index in [9.17, 15) is 9.59 Å². The molecule has 1 N–H and O–H groups in total. The molecule has 1 heterocycles. The molecule has 0 spiro atoms. The molecule has 0 bridgehead atoms. The van der Waals surface area contributed by atoms with Crippen LogP contribution >= 0.6 is 0 Å². The average molecular weight is 480 g/mol. The lowest BCUT2D eigenvalue weighted by atomic mass is 9.71. The zero-order valence-electron chi connectivity index (χ0n) is 21.1. The molecule has 1 aliphatic heterocycles. The number of hydrogen-bond donors (Lipinski definition) is 1. The van der Waals surface area contributed by atoms with Crippen molar-refractivity contribution in [3.05, 3.63) is 59.2 Å². The van der Waals surface area contributed by atoms with Gasteiger partial charge in [0.2, 0.25) is 0 Å². The van der Waals surface area contributed by atoms with Gasteiger partial charge in [0, 0.05) is 6.42 Å². The van der Waals surface area contributed by atoms with Crippen molar-refractivity contribution in [2.24, 2.45) is 5.41 Å². The molecule has 1 unspecified atom stereocenters. The molecule has 1 amide bonds. The number of ether oxygens (including phenoxy) is 3. The van der Waals surface area contributed by atoms with Crippen LogP contribution in [0.1, 0.15) is 87.9 Å². The van der Waals surface area contributed by atoms with Crippen molar-refractivity contribution in [1.82, 2.24) is 5.32 Å². The number of alkyl carbamates (subject to hydrolysis) is 1. The Morgan fingerprint density at radius 1 is 1.00 bits per heavy atom. The predicted octanol–water partition coefficient (Wildman–Crippen LogP) is 6.48. The Kier molecular flexibility index (Phi) is 7.99. The van der Waals surface area contributed by atoms with Gasteiger partial charge in [0.15, 0.2) is 6.04 Å². The highest BCUT2D eigenvalue weighted by molar-refractivity contribution is 5.96. The molecule has 1 saturated heterocycles. The second-order valence-corrected chi connectivity index (χ2v) is 10.5. The van der Waals surface area contributed by atoms with Gasteiger partial charge in [-0.2, -0.15) is 0 Å². The summed E-state index contributed by atoms with van der Waals surface area (Å²) in [7, 11) is 0. The highest BCUT2D eigenvalue weighted by Crippen LogP contribution is 2.43. The van der Waals surface area contributed by atoms with Crippen molar-refractivity contribution < 1.29 is 23.8 Å². The minimum absolute atomic E-state index is 0.480. The summed E-state index contributed by atoms with van der Waals surface area (Å²) < 4.78 is 16.6. The molecular formula is C29H37NO5. The van der Waals surface area contributed by atoms with Crippen LogP contribution in [0.25, 0.3) is 0 Å². The molecule has 1 atom stereocenters. The monoisotopic (exact) mass is 479 g/mol. The maximum Gasteiger partial charge on any atom is 0.415 e. The minimum Gasteiger partial charge on any atom is -0.493 e. The summed E-state index contributed by atoms with van der Waals surface area (Å²) in [6.45, 7) is 8.03. The van der Waals surface area contributed by atoms with Gasteiger partial charge in [0.05, 0.1) is 13.2 Å². The summed E-state index contributed by atoms with van der Waals surface area (Å²) in [5.41, 5.74) is 3.88. The summed E-state index contributed by atoms with van der Waals surface area (Å²) in [6.07, 6.45) is 7.25. The predicted molar refractivity (Wildman–Crippen MR) is 135 cm³/mol. The van der Waals surface area contributed by atoms with E-state index in [-0.39, 0.29) is 0 Å². The Labute approximate surface area is 208 Å². The van der Waals surface area contributed by atoms with Gasteiger partial charge in [-0.3, -0.25) is 0 Å².